The van der Waals surface area contributed by atoms with E-state index >= 15 is 0 Å². The van der Waals surface area contributed by atoms with Crippen LogP contribution in [0.1, 0.15) is 44.7 Å². The van der Waals surface area contributed by atoms with Crippen LogP contribution >= 0.6 is 0 Å². The van der Waals surface area contributed by atoms with E-state index in [4.69, 9.17) is 0 Å². The number of fused-ring (bicyclic) bond motifs is 2. The van der Waals surface area contributed by atoms with Gasteiger partial charge < -0.3 is 10.3 Å². The lowest BCUT2D eigenvalue weighted by Gasteiger charge is -2.14. The van der Waals surface area contributed by atoms with Crippen LogP contribution in [0.5, 0.6) is 0 Å². The summed E-state index contributed by atoms with van der Waals surface area (Å²) in [5.74, 6) is -0.131. The summed E-state index contributed by atoms with van der Waals surface area (Å²) in [5, 5.41) is 2.92. The molecule has 1 aliphatic rings. The SMILES string of the molecule is Cc1cc2c(c(=O)[nH]1)CNC(=O)c1cccc(C)c1C/C=C\CC2. The van der Waals surface area contributed by atoms with Crippen LogP contribution < -0.4 is 10.9 Å². The maximum absolute atomic E-state index is 12.6. The summed E-state index contributed by atoms with van der Waals surface area (Å²) in [4.78, 5) is 27.7. The largest absolute Gasteiger partial charge is 0.348 e. The topological polar surface area (TPSA) is 62.0 Å². The summed E-state index contributed by atoms with van der Waals surface area (Å²) in [6.45, 7) is 4.15. The maximum Gasteiger partial charge on any atom is 0.253 e. The van der Waals surface area contributed by atoms with Crippen LogP contribution in [0.4, 0.5) is 0 Å². The van der Waals surface area contributed by atoms with Crippen LogP contribution in [0.2, 0.25) is 0 Å². The molecule has 4 heteroatoms. The molecule has 0 fully saturated rings. The molecule has 0 atom stereocenters. The number of carbonyl (C=O) groups excluding carboxylic acids is 1. The average molecular weight is 322 g/mol. The third kappa shape index (κ3) is 3.32. The second kappa shape index (κ2) is 6.87. The van der Waals surface area contributed by atoms with Gasteiger partial charge in [-0.25, -0.2) is 0 Å². The van der Waals surface area contributed by atoms with Crippen molar-refractivity contribution in [1.29, 1.82) is 0 Å². The lowest BCUT2D eigenvalue weighted by molar-refractivity contribution is 0.0950. The number of rotatable bonds is 0. The Morgan fingerprint density at radius 1 is 1.04 bits per heavy atom. The van der Waals surface area contributed by atoms with Crippen LogP contribution in [0, 0.1) is 13.8 Å². The molecule has 1 aliphatic heterocycles. The fourth-order valence-corrected chi connectivity index (χ4v) is 3.21. The summed E-state index contributed by atoms with van der Waals surface area (Å²) in [6.07, 6.45) is 6.67. The first-order valence-electron chi connectivity index (χ1n) is 8.29. The van der Waals surface area contributed by atoms with E-state index in [9.17, 15) is 9.59 Å². The first-order chi connectivity index (χ1) is 11.6. The minimum Gasteiger partial charge on any atom is -0.348 e. The highest BCUT2D eigenvalue weighted by atomic mass is 16.1. The standard InChI is InChI=1S/C20H22N2O2/c1-13-7-6-10-17-16(13)9-5-3-4-8-15-11-14(2)22-20(24)18(15)12-21-19(17)23/h3,5-7,10-11H,4,8-9,12H2,1-2H3,(H,21,23)(H,22,24)/b5-3-. The summed E-state index contributed by atoms with van der Waals surface area (Å²) < 4.78 is 0. The molecule has 2 aromatic rings. The van der Waals surface area contributed by atoms with Gasteiger partial charge in [0.2, 0.25) is 0 Å². The van der Waals surface area contributed by atoms with Gasteiger partial charge >= 0.3 is 0 Å². The van der Waals surface area contributed by atoms with Crippen molar-refractivity contribution in [1.82, 2.24) is 10.3 Å². The Labute approximate surface area is 141 Å². The molecule has 0 saturated heterocycles. The molecule has 0 saturated carbocycles. The Bertz CT molecular complexity index is 862. The second-order valence-electron chi connectivity index (χ2n) is 6.28. The van der Waals surface area contributed by atoms with Gasteiger partial charge in [-0.1, -0.05) is 24.3 Å². The highest BCUT2D eigenvalue weighted by Gasteiger charge is 2.15. The number of hydrogen-bond acceptors (Lipinski definition) is 2. The molecule has 2 heterocycles. The Hall–Kier alpha value is -2.62. The minimum atomic E-state index is -0.131. The third-order valence-corrected chi connectivity index (χ3v) is 4.51. The second-order valence-corrected chi connectivity index (χ2v) is 6.28. The molecule has 24 heavy (non-hydrogen) atoms. The third-order valence-electron chi connectivity index (χ3n) is 4.51. The van der Waals surface area contributed by atoms with Crippen molar-refractivity contribution >= 4 is 5.91 Å². The van der Waals surface area contributed by atoms with E-state index in [1.54, 1.807) is 0 Å². The number of pyridine rings is 1. The van der Waals surface area contributed by atoms with E-state index < -0.39 is 0 Å². The maximum atomic E-state index is 12.6. The van der Waals surface area contributed by atoms with Crippen molar-refractivity contribution in [3.05, 3.63) is 80.3 Å². The zero-order chi connectivity index (χ0) is 17.1. The lowest BCUT2D eigenvalue weighted by atomic mass is 9.97. The predicted molar refractivity (Wildman–Crippen MR) is 95.3 cm³/mol. The molecule has 3 rings (SSSR count). The van der Waals surface area contributed by atoms with E-state index in [0.29, 0.717) is 11.1 Å². The number of aryl methyl sites for hydroxylation is 3. The quantitative estimate of drug-likeness (QED) is 0.733. The molecule has 0 aliphatic carbocycles. The van der Waals surface area contributed by atoms with Gasteiger partial charge in [0, 0.05) is 23.4 Å². The van der Waals surface area contributed by atoms with Crippen LogP contribution in [-0.4, -0.2) is 10.9 Å². The van der Waals surface area contributed by atoms with Gasteiger partial charge in [0.15, 0.2) is 0 Å². The summed E-state index contributed by atoms with van der Waals surface area (Å²) >= 11 is 0. The van der Waals surface area contributed by atoms with Gasteiger partial charge in [0.25, 0.3) is 11.5 Å². The van der Waals surface area contributed by atoms with Gasteiger partial charge in [-0.2, -0.15) is 0 Å². The molecule has 0 radical (unpaired) electrons. The molecule has 0 unspecified atom stereocenters. The average Bonchev–Trinajstić information content (AvgIpc) is 2.53. The number of amides is 1. The molecule has 4 nitrogen and oxygen atoms in total. The number of H-pyrrole nitrogens is 1. The van der Waals surface area contributed by atoms with E-state index in [-0.39, 0.29) is 18.0 Å². The van der Waals surface area contributed by atoms with Crippen LogP contribution in [0.15, 0.2) is 41.2 Å². The van der Waals surface area contributed by atoms with Crippen LogP contribution in [-0.2, 0) is 19.4 Å². The fraction of sp³-hybridized carbons (Fsp3) is 0.300. The minimum absolute atomic E-state index is 0.115. The molecule has 1 amide bonds. The summed E-state index contributed by atoms with van der Waals surface area (Å²) in [6, 6.07) is 7.76. The Morgan fingerprint density at radius 3 is 2.71 bits per heavy atom. The summed E-state index contributed by atoms with van der Waals surface area (Å²) in [7, 11) is 0. The smallest absolute Gasteiger partial charge is 0.253 e. The monoisotopic (exact) mass is 322 g/mol. The zero-order valence-electron chi connectivity index (χ0n) is 14.1. The van der Waals surface area contributed by atoms with Crippen LogP contribution in [0.25, 0.3) is 0 Å². The number of benzene rings is 1. The lowest BCUT2D eigenvalue weighted by Crippen LogP contribution is -2.29. The van der Waals surface area contributed by atoms with Gasteiger partial charge in [-0.15, -0.1) is 0 Å². The summed E-state index contributed by atoms with van der Waals surface area (Å²) in [5.41, 5.74) is 5.23. The normalized spacial score (nSPS) is 16.2. The highest BCUT2D eigenvalue weighted by molar-refractivity contribution is 5.96. The highest BCUT2D eigenvalue weighted by Crippen LogP contribution is 2.17. The predicted octanol–water partition coefficient (Wildman–Crippen LogP) is 2.97. The molecule has 0 spiro atoms. The Balaban J connectivity index is 2.02. The Kier molecular flexibility index (Phi) is 4.65. The number of hydrogen-bond donors (Lipinski definition) is 2. The molecule has 0 bridgehead atoms. The number of aromatic amines is 1. The van der Waals surface area contributed by atoms with E-state index in [1.807, 2.05) is 38.1 Å². The van der Waals surface area contributed by atoms with Gasteiger partial charge in [-0.05, 0) is 61.9 Å². The molecule has 124 valence electrons. The van der Waals surface area contributed by atoms with Crippen molar-refractivity contribution < 1.29 is 4.79 Å². The molecule has 2 N–H and O–H groups in total. The Morgan fingerprint density at radius 2 is 1.88 bits per heavy atom. The van der Waals surface area contributed by atoms with Crippen LogP contribution in [0.3, 0.4) is 0 Å². The number of nitrogens with one attached hydrogen (secondary N) is 2. The zero-order valence-corrected chi connectivity index (χ0v) is 14.1. The van der Waals surface area contributed by atoms with Gasteiger partial charge in [0.05, 0.1) is 0 Å². The molecule has 1 aromatic carbocycles. The molecular weight excluding hydrogens is 300 g/mol. The number of aromatic nitrogens is 1. The van der Waals surface area contributed by atoms with Crippen molar-refractivity contribution in [3.8, 4) is 0 Å². The van der Waals surface area contributed by atoms with E-state index in [0.717, 1.165) is 41.6 Å². The number of carbonyl (C=O) groups is 1. The number of allylic oxidation sites excluding steroid dienone is 2. The van der Waals surface area contributed by atoms with E-state index in [2.05, 4.69) is 22.5 Å². The fourth-order valence-electron chi connectivity index (χ4n) is 3.21. The first-order valence-corrected chi connectivity index (χ1v) is 8.29. The van der Waals surface area contributed by atoms with Crippen molar-refractivity contribution in [2.45, 2.75) is 39.7 Å². The molecular formula is C20H22N2O2. The van der Waals surface area contributed by atoms with E-state index in [1.165, 1.54) is 0 Å². The van der Waals surface area contributed by atoms with Gasteiger partial charge in [0.1, 0.15) is 0 Å². The van der Waals surface area contributed by atoms with Gasteiger partial charge in [-0.3, -0.25) is 9.59 Å². The van der Waals surface area contributed by atoms with Crippen molar-refractivity contribution in [3.63, 3.8) is 0 Å². The van der Waals surface area contributed by atoms with Crippen molar-refractivity contribution in [2.75, 3.05) is 0 Å². The molecule has 1 aromatic heterocycles. The first kappa shape index (κ1) is 16.2. The van der Waals surface area contributed by atoms with Crippen molar-refractivity contribution in [2.24, 2.45) is 0 Å².